The van der Waals surface area contributed by atoms with Gasteiger partial charge in [-0.15, -0.1) is 0 Å². The molecule has 2 aliphatic carbocycles. The van der Waals surface area contributed by atoms with Crippen LogP contribution in [0.1, 0.15) is 53.4 Å². The second-order valence-electron chi connectivity index (χ2n) is 6.74. The molecular weight excluding hydrogens is 238 g/mol. The van der Waals surface area contributed by atoms with Gasteiger partial charge < -0.3 is 0 Å². The third-order valence-corrected chi connectivity index (χ3v) is 5.32. The second kappa shape index (κ2) is 5.27. The van der Waals surface area contributed by atoms with Crippen LogP contribution in [0.2, 0.25) is 0 Å². The van der Waals surface area contributed by atoms with Crippen molar-refractivity contribution in [2.24, 2.45) is 28.7 Å². The van der Waals surface area contributed by atoms with Gasteiger partial charge in [-0.05, 0) is 75.4 Å². The molecule has 18 heavy (non-hydrogen) atoms. The third-order valence-electron chi connectivity index (χ3n) is 5.23. The number of aliphatic imine (C=N–C) groups is 1. The highest BCUT2D eigenvalue weighted by atomic mass is 32.1. The Bertz CT molecular complexity index is 392. The molecule has 0 saturated heterocycles. The van der Waals surface area contributed by atoms with Crippen LogP contribution < -0.4 is 0 Å². The van der Waals surface area contributed by atoms with Crippen molar-refractivity contribution in [1.82, 2.24) is 0 Å². The Balaban J connectivity index is 2.34. The van der Waals surface area contributed by atoms with Crippen LogP contribution in [0.5, 0.6) is 0 Å². The summed E-state index contributed by atoms with van der Waals surface area (Å²) in [6.45, 7) is 9.30. The first-order valence-electron chi connectivity index (χ1n) is 7.24. The van der Waals surface area contributed by atoms with E-state index in [9.17, 15) is 0 Å². The third kappa shape index (κ3) is 2.46. The Morgan fingerprint density at radius 3 is 2.78 bits per heavy atom. The molecule has 1 fully saturated rings. The number of allylic oxidation sites excluding steroid dienone is 2. The maximum absolute atomic E-state index is 4.87. The van der Waals surface area contributed by atoms with Crippen molar-refractivity contribution < 1.29 is 0 Å². The van der Waals surface area contributed by atoms with Gasteiger partial charge >= 0.3 is 0 Å². The lowest BCUT2D eigenvalue weighted by Gasteiger charge is -2.49. The fraction of sp³-hybridized carbons (Fsp3) is 0.812. The molecule has 0 aliphatic heterocycles. The maximum atomic E-state index is 4.87. The number of nitrogens with zero attached hydrogens (tertiary/aromatic N) is 1. The zero-order valence-corrected chi connectivity index (χ0v) is 12.9. The Morgan fingerprint density at radius 1 is 1.44 bits per heavy atom. The summed E-state index contributed by atoms with van der Waals surface area (Å²) >= 11 is 4.87. The normalized spacial score (nSPS) is 39.8. The minimum Gasteiger partial charge on any atom is -0.226 e. The van der Waals surface area contributed by atoms with E-state index in [1.807, 2.05) is 0 Å². The molecule has 1 unspecified atom stereocenters. The molecule has 0 bridgehead atoms. The van der Waals surface area contributed by atoms with Crippen molar-refractivity contribution in [3.05, 3.63) is 11.6 Å². The quantitative estimate of drug-likeness (QED) is 0.393. The van der Waals surface area contributed by atoms with Crippen LogP contribution in [0, 0.1) is 23.7 Å². The van der Waals surface area contributed by atoms with Crippen LogP contribution >= 0.6 is 12.2 Å². The van der Waals surface area contributed by atoms with Gasteiger partial charge in [0.15, 0.2) is 0 Å². The summed E-state index contributed by atoms with van der Waals surface area (Å²) in [5.41, 5.74) is 1.60. The Kier molecular flexibility index (Phi) is 4.08. The van der Waals surface area contributed by atoms with E-state index in [0.717, 1.165) is 11.8 Å². The molecule has 2 aliphatic rings. The highest BCUT2D eigenvalue weighted by molar-refractivity contribution is 7.78. The first-order valence-corrected chi connectivity index (χ1v) is 7.65. The summed E-state index contributed by atoms with van der Waals surface area (Å²) < 4.78 is 0. The molecule has 100 valence electrons. The summed E-state index contributed by atoms with van der Waals surface area (Å²) in [5.74, 6) is 2.95. The number of thiocarbonyl (C=S) groups is 1. The fourth-order valence-corrected chi connectivity index (χ4v) is 4.32. The highest BCUT2D eigenvalue weighted by Gasteiger charge is 2.47. The maximum Gasteiger partial charge on any atom is 0.0716 e. The van der Waals surface area contributed by atoms with Gasteiger partial charge in [-0.3, -0.25) is 0 Å². The van der Waals surface area contributed by atoms with E-state index in [1.165, 1.54) is 25.7 Å². The number of fused-ring (bicyclic) bond motifs is 1. The zero-order chi connectivity index (χ0) is 13.3. The molecule has 2 rings (SSSR count). The smallest absolute Gasteiger partial charge is 0.0716 e. The Morgan fingerprint density at radius 2 is 2.17 bits per heavy atom. The minimum absolute atomic E-state index is 0.0367. The first kappa shape index (κ1) is 14.0. The molecule has 4 atom stereocenters. The SMILES string of the molecule is CC1=C[C@@H]2C(C(C)C)CC[C@](C)(N=C=S)[C@@H]2CC1. The number of isothiocyanates is 1. The Labute approximate surface area is 117 Å². The lowest BCUT2D eigenvalue weighted by Crippen LogP contribution is -2.47. The topological polar surface area (TPSA) is 12.4 Å². The van der Waals surface area contributed by atoms with Crippen molar-refractivity contribution in [1.29, 1.82) is 0 Å². The summed E-state index contributed by atoms with van der Waals surface area (Å²) in [7, 11) is 0. The Hall–Kier alpha value is -0.460. The van der Waals surface area contributed by atoms with Gasteiger partial charge in [-0.2, -0.15) is 0 Å². The first-order chi connectivity index (χ1) is 8.48. The summed E-state index contributed by atoms with van der Waals surface area (Å²) in [6, 6.07) is 0. The molecule has 0 aromatic carbocycles. The predicted octanol–water partition coefficient (Wildman–Crippen LogP) is 4.89. The van der Waals surface area contributed by atoms with Crippen LogP contribution in [0.3, 0.4) is 0 Å². The van der Waals surface area contributed by atoms with E-state index in [4.69, 9.17) is 12.2 Å². The molecule has 1 saturated carbocycles. The molecule has 0 N–H and O–H groups in total. The van der Waals surface area contributed by atoms with Crippen molar-refractivity contribution in [3.63, 3.8) is 0 Å². The zero-order valence-electron chi connectivity index (χ0n) is 12.1. The largest absolute Gasteiger partial charge is 0.226 e. The molecule has 0 radical (unpaired) electrons. The summed E-state index contributed by atoms with van der Waals surface area (Å²) in [6.07, 6.45) is 7.49. The second-order valence-corrected chi connectivity index (χ2v) is 6.92. The molecule has 2 heteroatoms. The minimum atomic E-state index is 0.0367. The number of rotatable bonds is 2. The van der Waals surface area contributed by atoms with Crippen LogP contribution in [-0.4, -0.2) is 10.7 Å². The van der Waals surface area contributed by atoms with Crippen LogP contribution in [0.25, 0.3) is 0 Å². The van der Waals surface area contributed by atoms with Gasteiger partial charge in [0.05, 0.1) is 10.7 Å². The van der Waals surface area contributed by atoms with Crippen molar-refractivity contribution in [2.75, 3.05) is 0 Å². The van der Waals surface area contributed by atoms with Gasteiger partial charge in [0.25, 0.3) is 0 Å². The van der Waals surface area contributed by atoms with Gasteiger partial charge in [-0.1, -0.05) is 25.5 Å². The van der Waals surface area contributed by atoms with E-state index in [1.54, 1.807) is 5.57 Å². The summed E-state index contributed by atoms with van der Waals surface area (Å²) in [4.78, 5) is 4.55. The molecule has 0 aromatic heterocycles. The van der Waals surface area contributed by atoms with Crippen molar-refractivity contribution >= 4 is 17.4 Å². The van der Waals surface area contributed by atoms with E-state index in [0.29, 0.717) is 11.8 Å². The van der Waals surface area contributed by atoms with Gasteiger partial charge in [0.2, 0.25) is 0 Å². The lowest BCUT2D eigenvalue weighted by atomic mass is 9.57. The number of hydrogen-bond acceptors (Lipinski definition) is 2. The van der Waals surface area contributed by atoms with Crippen LogP contribution in [-0.2, 0) is 0 Å². The van der Waals surface area contributed by atoms with Crippen LogP contribution in [0.15, 0.2) is 16.6 Å². The molecule has 0 heterocycles. The van der Waals surface area contributed by atoms with Gasteiger partial charge in [0.1, 0.15) is 0 Å². The van der Waals surface area contributed by atoms with Crippen molar-refractivity contribution in [2.45, 2.75) is 58.9 Å². The molecule has 0 aromatic rings. The fourth-order valence-electron chi connectivity index (χ4n) is 4.11. The van der Waals surface area contributed by atoms with Gasteiger partial charge in [0, 0.05) is 0 Å². The van der Waals surface area contributed by atoms with E-state index in [2.05, 4.69) is 43.9 Å². The lowest BCUT2D eigenvalue weighted by molar-refractivity contribution is 0.0685. The van der Waals surface area contributed by atoms with Crippen LogP contribution in [0.4, 0.5) is 0 Å². The average molecular weight is 263 g/mol. The van der Waals surface area contributed by atoms with E-state index in [-0.39, 0.29) is 5.54 Å². The monoisotopic (exact) mass is 263 g/mol. The van der Waals surface area contributed by atoms with Crippen molar-refractivity contribution in [3.8, 4) is 0 Å². The highest BCUT2D eigenvalue weighted by Crippen LogP contribution is 2.51. The standard InChI is InChI=1S/C16H25NS/c1-11(2)13-7-8-16(4,17-10-18)15-6-5-12(3)9-14(13)15/h9,11,13-15H,5-8H2,1-4H3/t13?,14-,15-,16+/m1/s1. The average Bonchev–Trinajstić information content (AvgIpc) is 2.28. The molecule has 0 spiro atoms. The van der Waals surface area contributed by atoms with E-state index >= 15 is 0 Å². The number of hydrogen-bond donors (Lipinski definition) is 0. The molecule has 0 amide bonds. The predicted molar refractivity (Wildman–Crippen MR) is 81.0 cm³/mol. The van der Waals surface area contributed by atoms with Gasteiger partial charge in [-0.25, -0.2) is 4.99 Å². The van der Waals surface area contributed by atoms with E-state index < -0.39 is 0 Å². The molecule has 1 nitrogen and oxygen atoms in total. The molecular formula is C16H25NS. The summed E-state index contributed by atoms with van der Waals surface area (Å²) in [5, 5.41) is 2.65.